The smallest absolute Gasteiger partial charge is 0.338 e. The van der Waals surface area contributed by atoms with Gasteiger partial charge in [0.25, 0.3) is 0 Å². The number of carbonyl (C=O) groups is 1. The molecule has 0 aliphatic rings. The molecule has 21 heavy (non-hydrogen) atoms. The van der Waals surface area contributed by atoms with Crippen LogP contribution in [-0.2, 0) is 17.8 Å². The summed E-state index contributed by atoms with van der Waals surface area (Å²) in [7, 11) is 1.89. The van der Waals surface area contributed by atoms with E-state index < -0.39 is 0 Å². The number of halogens is 1. The molecule has 0 aliphatic carbocycles. The summed E-state index contributed by atoms with van der Waals surface area (Å²) >= 11 is 5.83. The first-order valence-electron chi connectivity index (χ1n) is 6.85. The molecule has 0 unspecified atom stereocenters. The van der Waals surface area contributed by atoms with Gasteiger partial charge in [0.15, 0.2) is 0 Å². The van der Waals surface area contributed by atoms with Crippen molar-refractivity contribution in [2.24, 2.45) is 0 Å². The first kappa shape index (κ1) is 15.5. The molecule has 0 atom stereocenters. The number of ether oxygens (including phenoxy) is 1. The van der Waals surface area contributed by atoms with Crippen molar-refractivity contribution in [2.75, 3.05) is 13.6 Å². The highest BCUT2D eigenvalue weighted by Gasteiger charge is 2.12. The van der Waals surface area contributed by atoms with Crippen LogP contribution in [0.5, 0.6) is 0 Å². The van der Waals surface area contributed by atoms with Crippen LogP contribution >= 0.6 is 11.6 Å². The molecule has 2 aromatic carbocycles. The zero-order chi connectivity index (χ0) is 15.1. The van der Waals surface area contributed by atoms with Crippen LogP contribution < -0.4 is 5.32 Å². The topological polar surface area (TPSA) is 38.3 Å². The summed E-state index contributed by atoms with van der Waals surface area (Å²) in [4.78, 5) is 12.2. The lowest BCUT2D eigenvalue weighted by Crippen LogP contribution is -2.14. The Morgan fingerprint density at radius 1 is 1.14 bits per heavy atom. The van der Waals surface area contributed by atoms with Gasteiger partial charge in [-0.25, -0.2) is 4.79 Å². The highest BCUT2D eigenvalue weighted by molar-refractivity contribution is 6.30. The average molecular weight is 304 g/mol. The Balaban J connectivity index is 2.01. The number of benzene rings is 2. The van der Waals surface area contributed by atoms with E-state index in [1.807, 2.05) is 37.4 Å². The van der Waals surface area contributed by atoms with Gasteiger partial charge in [0.2, 0.25) is 0 Å². The molecule has 0 aromatic heterocycles. The highest BCUT2D eigenvalue weighted by Crippen LogP contribution is 2.14. The lowest BCUT2D eigenvalue weighted by atomic mass is 10.0. The number of esters is 1. The SMILES string of the molecule is CNCCc1ccccc1C(=O)OCc1ccc(Cl)cc1. The molecule has 3 nitrogen and oxygen atoms in total. The molecule has 0 aliphatic heterocycles. The fraction of sp³-hybridized carbons (Fsp3) is 0.235. The Bertz CT molecular complexity index is 596. The summed E-state index contributed by atoms with van der Waals surface area (Å²) in [5.41, 5.74) is 2.54. The van der Waals surface area contributed by atoms with Crippen molar-refractivity contribution in [3.05, 3.63) is 70.2 Å². The van der Waals surface area contributed by atoms with Gasteiger partial charge in [-0.15, -0.1) is 0 Å². The van der Waals surface area contributed by atoms with Crippen LogP contribution in [0.25, 0.3) is 0 Å². The van der Waals surface area contributed by atoms with E-state index in [2.05, 4.69) is 5.32 Å². The first-order valence-corrected chi connectivity index (χ1v) is 7.22. The first-order chi connectivity index (χ1) is 10.2. The minimum atomic E-state index is -0.295. The Hall–Kier alpha value is -1.84. The van der Waals surface area contributed by atoms with Crippen LogP contribution in [0.2, 0.25) is 5.02 Å². The Morgan fingerprint density at radius 2 is 1.86 bits per heavy atom. The van der Waals surface area contributed by atoms with Crippen molar-refractivity contribution in [2.45, 2.75) is 13.0 Å². The second-order valence-corrected chi connectivity index (χ2v) is 5.15. The zero-order valence-corrected chi connectivity index (χ0v) is 12.7. The minimum absolute atomic E-state index is 0.246. The summed E-state index contributed by atoms with van der Waals surface area (Å²) in [5, 5.41) is 3.75. The van der Waals surface area contributed by atoms with Gasteiger partial charge in [-0.05, 0) is 49.3 Å². The van der Waals surface area contributed by atoms with Crippen molar-refractivity contribution < 1.29 is 9.53 Å². The van der Waals surface area contributed by atoms with Gasteiger partial charge >= 0.3 is 5.97 Å². The van der Waals surface area contributed by atoms with Crippen LogP contribution in [0, 0.1) is 0 Å². The third kappa shape index (κ3) is 4.59. The van der Waals surface area contributed by atoms with Gasteiger partial charge in [-0.1, -0.05) is 41.9 Å². The van der Waals surface area contributed by atoms with Crippen LogP contribution in [0.4, 0.5) is 0 Å². The Labute approximate surface area is 129 Å². The zero-order valence-electron chi connectivity index (χ0n) is 11.9. The van der Waals surface area contributed by atoms with Crippen LogP contribution in [0.15, 0.2) is 48.5 Å². The van der Waals surface area contributed by atoms with Crippen LogP contribution in [0.1, 0.15) is 21.5 Å². The van der Waals surface area contributed by atoms with Crippen molar-refractivity contribution in [1.82, 2.24) is 5.32 Å². The summed E-state index contributed by atoms with van der Waals surface area (Å²) < 4.78 is 5.37. The van der Waals surface area contributed by atoms with E-state index >= 15 is 0 Å². The lowest BCUT2D eigenvalue weighted by molar-refractivity contribution is 0.0471. The fourth-order valence-electron chi connectivity index (χ4n) is 2.00. The van der Waals surface area contributed by atoms with Crippen LogP contribution in [0.3, 0.4) is 0 Å². The van der Waals surface area contributed by atoms with Gasteiger partial charge in [0, 0.05) is 5.02 Å². The van der Waals surface area contributed by atoms with Gasteiger partial charge in [0.05, 0.1) is 5.56 Å². The third-order valence-electron chi connectivity index (χ3n) is 3.16. The van der Waals surface area contributed by atoms with Gasteiger partial charge in [-0.2, -0.15) is 0 Å². The summed E-state index contributed by atoms with van der Waals surface area (Å²) in [6, 6.07) is 14.8. The molecule has 4 heteroatoms. The van der Waals surface area contributed by atoms with Crippen molar-refractivity contribution in [3.8, 4) is 0 Å². The van der Waals surface area contributed by atoms with E-state index in [0.717, 1.165) is 24.1 Å². The van der Waals surface area contributed by atoms with Crippen molar-refractivity contribution in [3.63, 3.8) is 0 Å². The van der Waals surface area contributed by atoms with Gasteiger partial charge in [0.1, 0.15) is 6.61 Å². The third-order valence-corrected chi connectivity index (χ3v) is 3.42. The Kier molecular flexibility index (Phi) is 5.78. The number of hydrogen-bond acceptors (Lipinski definition) is 3. The molecule has 2 aromatic rings. The monoisotopic (exact) mass is 303 g/mol. The van der Waals surface area contributed by atoms with E-state index in [1.165, 1.54) is 0 Å². The molecule has 2 rings (SSSR count). The second kappa shape index (κ2) is 7.81. The standard InChI is InChI=1S/C17H18ClNO2/c1-19-11-10-14-4-2-3-5-16(14)17(20)21-12-13-6-8-15(18)9-7-13/h2-9,19H,10-12H2,1H3. The molecule has 0 fully saturated rings. The van der Waals surface area contributed by atoms with E-state index in [4.69, 9.17) is 16.3 Å². The maximum absolute atomic E-state index is 12.2. The molecule has 0 saturated carbocycles. The summed E-state index contributed by atoms with van der Waals surface area (Å²) in [6.45, 7) is 1.07. The molecular formula is C17H18ClNO2. The highest BCUT2D eigenvalue weighted by atomic mass is 35.5. The quantitative estimate of drug-likeness (QED) is 0.831. The van der Waals surface area contributed by atoms with E-state index in [9.17, 15) is 4.79 Å². The molecule has 110 valence electrons. The van der Waals surface area contributed by atoms with Crippen molar-refractivity contribution >= 4 is 17.6 Å². The molecule has 1 N–H and O–H groups in total. The lowest BCUT2D eigenvalue weighted by Gasteiger charge is -2.09. The molecule has 0 radical (unpaired) electrons. The largest absolute Gasteiger partial charge is 0.457 e. The normalized spacial score (nSPS) is 10.4. The molecule has 0 spiro atoms. The molecule has 0 saturated heterocycles. The van der Waals surface area contributed by atoms with E-state index in [0.29, 0.717) is 10.6 Å². The Morgan fingerprint density at radius 3 is 2.57 bits per heavy atom. The average Bonchev–Trinajstić information content (AvgIpc) is 2.52. The second-order valence-electron chi connectivity index (χ2n) is 4.71. The summed E-state index contributed by atoms with van der Waals surface area (Å²) in [5.74, 6) is -0.295. The van der Waals surface area contributed by atoms with Crippen molar-refractivity contribution in [1.29, 1.82) is 0 Å². The number of likely N-dealkylation sites (N-methyl/N-ethyl adjacent to an activating group) is 1. The molecular weight excluding hydrogens is 286 g/mol. The minimum Gasteiger partial charge on any atom is -0.457 e. The van der Waals surface area contributed by atoms with Gasteiger partial charge < -0.3 is 10.1 Å². The number of rotatable bonds is 6. The fourth-order valence-corrected chi connectivity index (χ4v) is 2.13. The molecule has 0 heterocycles. The number of nitrogens with one attached hydrogen (secondary N) is 1. The van der Waals surface area contributed by atoms with Gasteiger partial charge in [-0.3, -0.25) is 0 Å². The molecule has 0 amide bonds. The van der Waals surface area contributed by atoms with Crippen LogP contribution in [-0.4, -0.2) is 19.6 Å². The predicted octanol–water partition coefficient (Wildman–Crippen LogP) is 3.46. The van der Waals surface area contributed by atoms with E-state index in [-0.39, 0.29) is 12.6 Å². The maximum Gasteiger partial charge on any atom is 0.338 e. The maximum atomic E-state index is 12.2. The summed E-state index contributed by atoms with van der Waals surface area (Å²) in [6.07, 6.45) is 0.794. The molecule has 0 bridgehead atoms. The van der Waals surface area contributed by atoms with E-state index in [1.54, 1.807) is 18.2 Å². The number of hydrogen-bond donors (Lipinski definition) is 1. The predicted molar refractivity (Wildman–Crippen MR) is 84.6 cm³/mol. The number of carbonyl (C=O) groups excluding carboxylic acids is 1.